The summed E-state index contributed by atoms with van der Waals surface area (Å²) < 4.78 is 19.0. The van der Waals surface area contributed by atoms with E-state index >= 15 is 0 Å². The lowest BCUT2D eigenvalue weighted by atomic mass is 10.2. The minimum atomic E-state index is -0.867. The van der Waals surface area contributed by atoms with Gasteiger partial charge in [0.1, 0.15) is 18.5 Å². The standard InChI is InChI=1S/C18H17Cl2FN2O3/c19-13-2-1-3-14(20)18(13)26-10-12(24)9-23-7-6-17(25)22-15-8-11(21)4-5-16(15)23/h1-5,8,12,24H,6-7,9-10H2,(H,22,25). The Bertz CT molecular complexity index is 799. The van der Waals surface area contributed by atoms with Gasteiger partial charge in [0.2, 0.25) is 5.91 Å². The number of halogens is 3. The monoisotopic (exact) mass is 398 g/mol. The molecule has 1 aliphatic rings. The van der Waals surface area contributed by atoms with Gasteiger partial charge in [-0.3, -0.25) is 4.79 Å². The molecule has 0 aliphatic carbocycles. The van der Waals surface area contributed by atoms with Gasteiger partial charge in [0, 0.05) is 19.5 Å². The fourth-order valence-corrected chi connectivity index (χ4v) is 3.26. The molecule has 2 N–H and O–H groups in total. The molecule has 1 amide bonds. The van der Waals surface area contributed by atoms with E-state index in [0.29, 0.717) is 33.7 Å². The lowest BCUT2D eigenvalue weighted by molar-refractivity contribution is -0.116. The van der Waals surface area contributed by atoms with E-state index in [2.05, 4.69) is 5.32 Å². The van der Waals surface area contributed by atoms with Gasteiger partial charge in [-0.1, -0.05) is 29.3 Å². The molecule has 2 aromatic rings. The van der Waals surface area contributed by atoms with Crippen LogP contribution in [-0.4, -0.2) is 36.8 Å². The van der Waals surface area contributed by atoms with Crippen molar-refractivity contribution < 1.29 is 19.0 Å². The van der Waals surface area contributed by atoms with Gasteiger partial charge in [-0.2, -0.15) is 0 Å². The number of carbonyl (C=O) groups excluding carboxylic acids is 1. The highest BCUT2D eigenvalue weighted by Crippen LogP contribution is 2.33. The second kappa shape index (κ2) is 8.12. The van der Waals surface area contributed by atoms with Crippen LogP contribution in [0.4, 0.5) is 15.8 Å². The highest BCUT2D eigenvalue weighted by atomic mass is 35.5. The second-order valence-electron chi connectivity index (χ2n) is 5.92. The number of β-amino-alcohol motifs (C(OH)–C–C–N with tert-alkyl or cyclic N) is 1. The van der Waals surface area contributed by atoms with Crippen molar-refractivity contribution in [3.63, 3.8) is 0 Å². The lowest BCUT2D eigenvalue weighted by Gasteiger charge is -2.27. The molecule has 138 valence electrons. The van der Waals surface area contributed by atoms with Crippen LogP contribution < -0.4 is 15.0 Å². The van der Waals surface area contributed by atoms with Gasteiger partial charge in [0.05, 0.1) is 21.4 Å². The van der Waals surface area contributed by atoms with E-state index in [-0.39, 0.29) is 25.5 Å². The molecule has 1 aliphatic heterocycles. The quantitative estimate of drug-likeness (QED) is 0.805. The number of nitrogens with zero attached hydrogens (tertiary/aromatic N) is 1. The van der Waals surface area contributed by atoms with Crippen LogP contribution in [0, 0.1) is 5.82 Å². The number of para-hydroxylation sites is 1. The SMILES string of the molecule is O=C1CCN(CC(O)COc2c(Cl)cccc2Cl)c2ccc(F)cc2N1. The van der Waals surface area contributed by atoms with E-state index in [4.69, 9.17) is 27.9 Å². The Hall–Kier alpha value is -2.02. The van der Waals surface area contributed by atoms with Crippen molar-refractivity contribution in [2.24, 2.45) is 0 Å². The van der Waals surface area contributed by atoms with Gasteiger partial charge < -0.3 is 20.1 Å². The topological polar surface area (TPSA) is 61.8 Å². The largest absolute Gasteiger partial charge is 0.488 e. The molecule has 0 radical (unpaired) electrons. The van der Waals surface area contributed by atoms with Crippen molar-refractivity contribution >= 4 is 40.5 Å². The van der Waals surface area contributed by atoms with Gasteiger partial charge in [0.25, 0.3) is 0 Å². The van der Waals surface area contributed by atoms with Crippen LogP contribution >= 0.6 is 23.2 Å². The molecule has 1 atom stereocenters. The average molecular weight is 399 g/mol. The smallest absolute Gasteiger partial charge is 0.226 e. The first-order valence-corrected chi connectivity index (χ1v) is 8.79. The van der Waals surface area contributed by atoms with Crippen LogP contribution in [0.3, 0.4) is 0 Å². The Morgan fingerprint density at radius 3 is 2.73 bits per heavy atom. The number of anilines is 2. The van der Waals surface area contributed by atoms with Crippen LogP contribution in [0.5, 0.6) is 5.75 Å². The molecule has 0 bridgehead atoms. The van der Waals surface area contributed by atoms with Crippen molar-refractivity contribution in [3.8, 4) is 5.75 Å². The van der Waals surface area contributed by atoms with E-state index in [9.17, 15) is 14.3 Å². The maximum absolute atomic E-state index is 13.5. The number of aliphatic hydroxyl groups is 1. The molecule has 8 heteroatoms. The second-order valence-corrected chi connectivity index (χ2v) is 6.74. The van der Waals surface area contributed by atoms with Gasteiger partial charge in [0.15, 0.2) is 5.75 Å². The lowest BCUT2D eigenvalue weighted by Crippen LogP contribution is -2.36. The van der Waals surface area contributed by atoms with Crippen molar-refractivity contribution in [3.05, 3.63) is 52.3 Å². The summed E-state index contributed by atoms with van der Waals surface area (Å²) in [5.41, 5.74) is 1.03. The fraction of sp³-hybridized carbons (Fsp3) is 0.278. The number of benzene rings is 2. The molecule has 5 nitrogen and oxygen atoms in total. The van der Waals surface area contributed by atoms with Crippen LogP contribution in [0.1, 0.15) is 6.42 Å². The third kappa shape index (κ3) is 4.38. The molecule has 0 spiro atoms. The van der Waals surface area contributed by atoms with Crippen LogP contribution in [0.25, 0.3) is 0 Å². The Kier molecular flexibility index (Phi) is 5.86. The Morgan fingerprint density at radius 2 is 2.00 bits per heavy atom. The number of hydrogen-bond donors (Lipinski definition) is 2. The van der Waals surface area contributed by atoms with E-state index < -0.39 is 11.9 Å². The molecule has 1 unspecified atom stereocenters. The van der Waals surface area contributed by atoms with Crippen LogP contribution in [0.2, 0.25) is 10.0 Å². The summed E-state index contributed by atoms with van der Waals surface area (Å²) in [4.78, 5) is 13.6. The molecule has 0 saturated heterocycles. The van der Waals surface area contributed by atoms with Crippen LogP contribution in [0.15, 0.2) is 36.4 Å². The molecule has 0 saturated carbocycles. The van der Waals surface area contributed by atoms with E-state index in [0.717, 1.165) is 0 Å². The molecular weight excluding hydrogens is 382 g/mol. The third-order valence-corrected chi connectivity index (χ3v) is 4.55. The van der Waals surface area contributed by atoms with Gasteiger partial charge in [-0.05, 0) is 30.3 Å². The number of rotatable bonds is 5. The maximum atomic E-state index is 13.5. The zero-order valence-electron chi connectivity index (χ0n) is 13.7. The number of nitrogens with one attached hydrogen (secondary N) is 1. The number of amides is 1. The zero-order valence-corrected chi connectivity index (χ0v) is 15.2. The predicted molar refractivity (Wildman–Crippen MR) is 99.8 cm³/mol. The first-order chi connectivity index (χ1) is 12.4. The molecule has 3 rings (SSSR count). The van der Waals surface area contributed by atoms with Crippen LogP contribution in [-0.2, 0) is 4.79 Å². The molecule has 26 heavy (non-hydrogen) atoms. The fourth-order valence-electron chi connectivity index (χ4n) is 2.75. The number of fused-ring (bicyclic) bond motifs is 1. The van der Waals surface area contributed by atoms with Crippen molar-refractivity contribution in [1.29, 1.82) is 0 Å². The molecule has 2 aromatic carbocycles. The highest BCUT2D eigenvalue weighted by Gasteiger charge is 2.22. The summed E-state index contributed by atoms with van der Waals surface area (Å²) in [7, 11) is 0. The number of aliphatic hydroxyl groups excluding tert-OH is 1. The molecule has 0 aromatic heterocycles. The third-order valence-electron chi connectivity index (χ3n) is 3.95. The summed E-state index contributed by atoms with van der Waals surface area (Å²) in [6.07, 6.45) is -0.631. The van der Waals surface area contributed by atoms with Gasteiger partial charge in [-0.15, -0.1) is 0 Å². The summed E-state index contributed by atoms with van der Waals surface area (Å²) in [5.74, 6) is -0.332. The van der Waals surface area contributed by atoms with Crippen molar-refractivity contribution in [2.75, 3.05) is 29.9 Å². The Balaban J connectivity index is 1.69. The molecule has 1 heterocycles. The normalized spacial score (nSPS) is 15.1. The number of ether oxygens (including phenoxy) is 1. The summed E-state index contributed by atoms with van der Waals surface area (Å²) in [6.45, 7) is 0.571. The minimum absolute atomic E-state index is 0.0299. The van der Waals surface area contributed by atoms with Gasteiger partial charge >= 0.3 is 0 Å². The first-order valence-electron chi connectivity index (χ1n) is 8.03. The number of carbonyl (C=O) groups is 1. The number of hydrogen-bond acceptors (Lipinski definition) is 4. The Labute approximate surface area is 160 Å². The molecular formula is C18H17Cl2FN2O3. The predicted octanol–water partition coefficient (Wildman–Crippen LogP) is 3.72. The van der Waals surface area contributed by atoms with E-state index in [1.807, 2.05) is 4.90 Å². The van der Waals surface area contributed by atoms with Gasteiger partial charge in [-0.25, -0.2) is 4.39 Å². The minimum Gasteiger partial charge on any atom is -0.488 e. The van der Waals surface area contributed by atoms with E-state index in [1.54, 1.807) is 24.3 Å². The van der Waals surface area contributed by atoms with Crippen molar-refractivity contribution in [2.45, 2.75) is 12.5 Å². The summed E-state index contributed by atoms with van der Waals surface area (Å²) >= 11 is 12.1. The zero-order chi connectivity index (χ0) is 18.7. The maximum Gasteiger partial charge on any atom is 0.226 e. The first kappa shape index (κ1) is 18.8. The summed E-state index contributed by atoms with van der Waals surface area (Å²) in [5, 5.41) is 13.7. The van der Waals surface area contributed by atoms with Crippen molar-refractivity contribution in [1.82, 2.24) is 0 Å². The highest BCUT2D eigenvalue weighted by molar-refractivity contribution is 6.37. The summed E-state index contributed by atoms with van der Waals surface area (Å²) in [6, 6.07) is 9.14. The average Bonchev–Trinajstić information content (AvgIpc) is 2.73. The van der Waals surface area contributed by atoms with E-state index in [1.165, 1.54) is 12.1 Å². The Morgan fingerprint density at radius 1 is 1.27 bits per heavy atom. The molecule has 0 fully saturated rings.